The molecule has 0 spiro atoms. The minimum atomic E-state index is -0.289. The van der Waals surface area contributed by atoms with Gasteiger partial charge in [-0.1, -0.05) is 90.1 Å². The highest BCUT2D eigenvalue weighted by molar-refractivity contribution is 9.10. The Kier molecular flexibility index (Phi) is 6.43. The Morgan fingerprint density at radius 2 is 1.37 bits per heavy atom. The second kappa shape index (κ2) is 8.55. The maximum Gasteiger partial charge on any atom is 0.142 e. The molecule has 0 aliphatic rings. The topological polar surface area (TPSA) is 9.23 Å². The molecule has 0 heterocycles. The van der Waals surface area contributed by atoms with Crippen LogP contribution in [-0.2, 0) is 17.4 Å². The molecule has 3 heteroatoms. The molecule has 0 amide bonds. The average Bonchev–Trinajstić information content (AvgIpc) is 2.66. The summed E-state index contributed by atoms with van der Waals surface area (Å²) in [5.74, 6) is 0.369. The van der Waals surface area contributed by atoms with Gasteiger partial charge < -0.3 is 4.74 Å². The van der Waals surface area contributed by atoms with E-state index in [9.17, 15) is 4.39 Å². The molecule has 158 valence electrons. The molecule has 0 saturated heterocycles. The van der Waals surface area contributed by atoms with E-state index >= 15 is 0 Å². The number of halogens is 2. The van der Waals surface area contributed by atoms with Gasteiger partial charge in [-0.15, -0.1) is 0 Å². The van der Waals surface area contributed by atoms with Crippen molar-refractivity contribution in [2.24, 2.45) is 0 Å². The van der Waals surface area contributed by atoms with Crippen LogP contribution in [0.4, 0.5) is 4.39 Å². The largest absolute Gasteiger partial charge is 0.487 e. The van der Waals surface area contributed by atoms with E-state index in [0.717, 1.165) is 16.7 Å². The van der Waals surface area contributed by atoms with Gasteiger partial charge in [-0.2, -0.15) is 0 Å². The van der Waals surface area contributed by atoms with E-state index in [4.69, 9.17) is 4.74 Å². The lowest BCUT2D eigenvalue weighted by Gasteiger charge is -2.27. The van der Waals surface area contributed by atoms with E-state index < -0.39 is 0 Å². The zero-order chi connectivity index (χ0) is 22.1. The standard InChI is InChI=1S/C27H30BrFO/c1-26(2,3)20-12-19(13-21(14-20)27(4,5)6)23-15-22(29)16-24(28)25(23)30-17-18-10-8-7-9-11-18/h7-16H,17H2,1-6H3. The van der Waals surface area contributed by atoms with Gasteiger partial charge in [0.1, 0.15) is 18.2 Å². The third kappa shape index (κ3) is 5.31. The van der Waals surface area contributed by atoms with E-state index in [-0.39, 0.29) is 16.6 Å². The highest BCUT2D eigenvalue weighted by Gasteiger charge is 2.23. The predicted molar refractivity (Wildman–Crippen MR) is 128 cm³/mol. The zero-order valence-electron chi connectivity index (χ0n) is 18.6. The van der Waals surface area contributed by atoms with Crippen LogP contribution in [0.5, 0.6) is 5.75 Å². The van der Waals surface area contributed by atoms with E-state index in [1.165, 1.54) is 17.2 Å². The van der Waals surface area contributed by atoms with Crippen LogP contribution in [-0.4, -0.2) is 0 Å². The average molecular weight is 469 g/mol. The third-order valence-corrected chi connectivity index (χ3v) is 5.80. The van der Waals surface area contributed by atoms with Crippen molar-refractivity contribution >= 4 is 15.9 Å². The number of ether oxygens (including phenoxy) is 1. The lowest BCUT2D eigenvalue weighted by Crippen LogP contribution is -2.16. The summed E-state index contributed by atoms with van der Waals surface area (Å²) in [5.41, 5.74) is 5.19. The van der Waals surface area contributed by atoms with Crippen LogP contribution in [0, 0.1) is 5.82 Å². The van der Waals surface area contributed by atoms with Crippen LogP contribution < -0.4 is 4.74 Å². The smallest absolute Gasteiger partial charge is 0.142 e. The first-order valence-corrected chi connectivity index (χ1v) is 11.1. The normalized spacial score (nSPS) is 12.1. The summed E-state index contributed by atoms with van der Waals surface area (Å²) in [6, 6.07) is 19.6. The molecule has 0 aliphatic carbocycles. The van der Waals surface area contributed by atoms with Gasteiger partial charge in [-0.05, 0) is 61.1 Å². The Balaban J connectivity index is 2.14. The van der Waals surface area contributed by atoms with Crippen molar-refractivity contribution in [1.82, 2.24) is 0 Å². The molecule has 0 unspecified atom stereocenters. The Hall–Kier alpha value is -2.13. The van der Waals surface area contributed by atoms with Gasteiger partial charge in [-0.25, -0.2) is 4.39 Å². The van der Waals surface area contributed by atoms with E-state index in [1.54, 1.807) is 6.07 Å². The number of hydrogen-bond donors (Lipinski definition) is 0. The lowest BCUT2D eigenvalue weighted by atomic mass is 9.79. The summed E-state index contributed by atoms with van der Waals surface area (Å²) in [6.07, 6.45) is 0. The summed E-state index contributed by atoms with van der Waals surface area (Å²) < 4.78 is 21.3. The molecule has 0 saturated carbocycles. The molecule has 3 aromatic carbocycles. The maximum atomic E-state index is 14.4. The summed E-state index contributed by atoms with van der Waals surface area (Å²) >= 11 is 3.52. The molecule has 0 radical (unpaired) electrons. The van der Waals surface area contributed by atoms with E-state index in [2.05, 4.69) is 75.7 Å². The molecule has 3 rings (SSSR count). The summed E-state index contributed by atoms with van der Waals surface area (Å²) in [5, 5.41) is 0. The van der Waals surface area contributed by atoms with Gasteiger partial charge in [0.15, 0.2) is 0 Å². The van der Waals surface area contributed by atoms with Gasteiger partial charge in [-0.3, -0.25) is 0 Å². The fourth-order valence-corrected chi connectivity index (χ4v) is 3.85. The quantitative estimate of drug-likeness (QED) is 0.373. The summed E-state index contributed by atoms with van der Waals surface area (Å²) in [4.78, 5) is 0. The van der Waals surface area contributed by atoms with Gasteiger partial charge >= 0.3 is 0 Å². The van der Waals surface area contributed by atoms with Crippen molar-refractivity contribution < 1.29 is 9.13 Å². The second-order valence-corrected chi connectivity index (χ2v) is 10.7. The first kappa shape index (κ1) is 22.6. The molecule has 0 bridgehead atoms. The van der Waals surface area contributed by atoms with E-state index in [1.807, 2.05) is 30.3 Å². The molecule has 30 heavy (non-hydrogen) atoms. The Morgan fingerprint density at radius 1 is 0.800 bits per heavy atom. The predicted octanol–water partition coefficient (Wildman–Crippen LogP) is 8.43. The Labute approximate surface area is 188 Å². The number of hydrogen-bond acceptors (Lipinski definition) is 1. The molecule has 1 nitrogen and oxygen atoms in total. The fraction of sp³-hybridized carbons (Fsp3) is 0.333. The molecule has 0 aromatic heterocycles. The molecule has 0 N–H and O–H groups in total. The molecular formula is C27H30BrFO. The SMILES string of the molecule is CC(C)(C)c1cc(-c2cc(F)cc(Br)c2OCc2ccccc2)cc(C(C)(C)C)c1. The molecular weight excluding hydrogens is 439 g/mol. The number of benzene rings is 3. The van der Waals surface area contributed by atoms with E-state index in [0.29, 0.717) is 16.8 Å². The molecule has 0 atom stereocenters. The third-order valence-electron chi connectivity index (χ3n) is 5.21. The van der Waals surface area contributed by atoms with Crippen molar-refractivity contribution in [2.45, 2.75) is 59.0 Å². The van der Waals surface area contributed by atoms with Crippen LogP contribution in [0.1, 0.15) is 58.2 Å². The van der Waals surface area contributed by atoms with Gasteiger partial charge in [0.2, 0.25) is 0 Å². The minimum Gasteiger partial charge on any atom is -0.487 e. The molecule has 3 aromatic rings. The maximum absolute atomic E-state index is 14.4. The van der Waals surface area contributed by atoms with Crippen LogP contribution in [0.2, 0.25) is 0 Å². The minimum absolute atomic E-state index is 0.0222. The Morgan fingerprint density at radius 3 is 1.90 bits per heavy atom. The lowest BCUT2D eigenvalue weighted by molar-refractivity contribution is 0.305. The van der Waals surface area contributed by atoms with Crippen LogP contribution >= 0.6 is 15.9 Å². The first-order valence-electron chi connectivity index (χ1n) is 10.3. The monoisotopic (exact) mass is 468 g/mol. The number of rotatable bonds is 4. The van der Waals surface area contributed by atoms with Gasteiger partial charge in [0, 0.05) is 5.56 Å². The fourth-order valence-electron chi connectivity index (χ4n) is 3.30. The van der Waals surface area contributed by atoms with Crippen LogP contribution in [0.15, 0.2) is 65.1 Å². The van der Waals surface area contributed by atoms with Crippen LogP contribution in [0.25, 0.3) is 11.1 Å². The highest BCUT2D eigenvalue weighted by atomic mass is 79.9. The molecule has 0 fully saturated rings. The van der Waals surface area contributed by atoms with Crippen molar-refractivity contribution in [2.75, 3.05) is 0 Å². The molecule has 0 aliphatic heterocycles. The van der Waals surface area contributed by atoms with Crippen molar-refractivity contribution in [3.05, 3.63) is 87.6 Å². The zero-order valence-corrected chi connectivity index (χ0v) is 20.2. The summed E-state index contributed by atoms with van der Waals surface area (Å²) in [6.45, 7) is 13.6. The van der Waals surface area contributed by atoms with Gasteiger partial charge in [0.25, 0.3) is 0 Å². The van der Waals surface area contributed by atoms with Crippen molar-refractivity contribution in [1.29, 1.82) is 0 Å². The van der Waals surface area contributed by atoms with Crippen molar-refractivity contribution in [3.63, 3.8) is 0 Å². The second-order valence-electron chi connectivity index (χ2n) is 9.84. The summed E-state index contributed by atoms with van der Waals surface area (Å²) in [7, 11) is 0. The van der Waals surface area contributed by atoms with Gasteiger partial charge in [0.05, 0.1) is 4.47 Å². The Bertz CT molecular complexity index is 995. The van der Waals surface area contributed by atoms with Crippen molar-refractivity contribution in [3.8, 4) is 16.9 Å². The highest BCUT2D eigenvalue weighted by Crippen LogP contribution is 2.41. The van der Waals surface area contributed by atoms with Crippen LogP contribution in [0.3, 0.4) is 0 Å². The first-order chi connectivity index (χ1) is 13.9.